The van der Waals surface area contributed by atoms with Crippen LogP contribution in [0.25, 0.3) is 0 Å². The minimum absolute atomic E-state index is 0.105. The maximum atomic E-state index is 12.8. The minimum Gasteiger partial charge on any atom is -0.381 e. The molecule has 7 nitrogen and oxygen atoms in total. The Morgan fingerprint density at radius 3 is 2.79 bits per heavy atom. The first-order chi connectivity index (χ1) is 11.8. The molecule has 0 aromatic carbocycles. The van der Waals surface area contributed by atoms with Gasteiger partial charge in [0.2, 0.25) is 0 Å². The standard InChI is InChI=1S/C17H21N5O2/c23-17(15-7-18-3-4-19-15)22-9-14(12-24-11-13-1-2-13)8-21-6-5-20-16(21)10-22/h3-7,13-14H,1-2,8-12H2. The van der Waals surface area contributed by atoms with Crippen molar-refractivity contribution in [1.82, 2.24) is 24.4 Å². The van der Waals surface area contributed by atoms with Crippen LogP contribution < -0.4 is 0 Å². The van der Waals surface area contributed by atoms with Crippen LogP contribution in [0.2, 0.25) is 0 Å². The molecule has 1 aliphatic carbocycles. The van der Waals surface area contributed by atoms with Crippen LogP contribution in [-0.4, -0.2) is 50.1 Å². The summed E-state index contributed by atoms with van der Waals surface area (Å²) in [5.74, 6) is 1.79. The zero-order valence-electron chi connectivity index (χ0n) is 13.5. The molecule has 1 aliphatic heterocycles. The molecular formula is C17H21N5O2. The summed E-state index contributed by atoms with van der Waals surface area (Å²) in [6.45, 7) is 3.46. The second-order valence-corrected chi connectivity index (χ2v) is 6.62. The Kier molecular flexibility index (Phi) is 4.25. The average molecular weight is 327 g/mol. The number of fused-ring (bicyclic) bond motifs is 1. The average Bonchev–Trinajstić information content (AvgIpc) is 3.37. The smallest absolute Gasteiger partial charge is 0.274 e. The van der Waals surface area contributed by atoms with Crippen LogP contribution in [0.15, 0.2) is 31.0 Å². The van der Waals surface area contributed by atoms with Gasteiger partial charge in [-0.15, -0.1) is 0 Å². The summed E-state index contributed by atoms with van der Waals surface area (Å²) in [5.41, 5.74) is 0.371. The van der Waals surface area contributed by atoms with Crippen molar-refractivity contribution in [1.29, 1.82) is 0 Å². The van der Waals surface area contributed by atoms with Crippen molar-refractivity contribution in [2.45, 2.75) is 25.9 Å². The summed E-state index contributed by atoms with van der Waals surface area (Å²) in [7, 11) is 0. The molecule has 0 spiro atoms. The van der Waals surface area contributed by atoms with E-state index in [0.29, 0.717) is 25.4 Å². The molecule has 1 amide bonds. The number of rotatable bonds is 5. The monoisotopic (exact) mass is 327 g/mol. The van der Waals surface area contributed by atoms with Gasteiger partial charge < -0.3 is 14.2 Å². The summed E-state index contributed by atoms with van der Waals surface area (Å²) in [6.07, 6.45) is 11.0. The van der Waals surface area contributed by atoms with E-state index in [0.717, 1.165) is 24.9 Å². The highest BCUT2D eigenvalue weighted by Gasteiger charge is 2.28. The lowest BCUT2D eigenvalue weighted by molar-refractivity contribution is 0.0567. The Hall–Kier alpha value is -2.28. The van der Waals surface area contributed by atoms with Crippen LogP contribution in [0.4, 0.5) is 0 Å². The van der Waals surface area contributed by atoms with Crippen LogP contribution in [0.5, 0.6) is 0 Å². The topological polar surface area (TPSA) is 73.1 Å². The Balaban J connectivity index is 1.49. The predicted molar refractivity (Wildman–Crippen MR) is 86.0 cm³/mol. The van der Waals surface area contributed by atoms with Gasteiger partial charge in [0.05, 0.1) is 19.3 Å². The highest BCUT2D eigenvalue weighted by Crippen LogP contribution is 2.29. The number of imidazole rings is 1. The van der Waals surface area contributed by atoms with Crippen molar-refractivity contribution in [2.75, 3.05) is 19.8 Å². The number of hydrogen-bond donors (Lipinski definition) is 0. The molecule has 4 rings (SSSR count). The number of carbonyl (C=O) groups excluding carboxylic acids is 1. The van der Waals surface area contributed by atoms with Gasteiger partial charge in [-0.25, -0.2) is 9.97 Å². The van der Waals surface area contributed by atoms with Crippen LogP contribution in [0.3, 0.4) is 0 Å². The lowest BCUT2D eigenvalue weighted by Gasteiger charge is -2.23. The van der Waals surface area contributed by atoms with Gasteiger partial charge in [-0.3, -0.25) is 9.78 Å². The van der Waals surface area contributed by atoms with E-state index in [9.17, 15) is 4.79 Å². The first kappa shape index (κ1) is 15.3. The molecule has 1 atom stereocenters. The van der Waals surface area contributed by atoms with E-state index in [1.165, 1.54) is 19.0 Å². The van der Waals surface area contributed by atoms with E-state index in [1.54, 1.807) is 23.5 Å². The Morgan fingerprint density at radius 2 is 2.00 bits per heavy atom. The first-order valence-electron chi connectivity index (χ1n) is 8.42. The Bertz CT molecular complexity index is 698. The van der Waals surface area contributed by atoms with Gasteiger partial charge >= 0.3 is 0 Å². The van der Waals surface area contributed by atoms with E-state index in [-0.39, 0.29) is 11.8 Å². The zero-order chi connectivity index (χ0) is 16.4. The summed E-state index contributed by atoms with van der Waals surface area (Å²) < 4.78 is 8.00. The number of aromatic nitrogens is 4. The molecule has 1 saturated carbocycles. The first-order valence-corrected chi connectivity index (χ1v) is 8.42. The van der Waals surface area contributed by atoms with E-state index in [2.05, 4.69) is 19.5 Å². The summed E-state index contributed by atoms with van der Waals surface area (Å²) >= 11 is 0. The molecule has 0 bridgehead atoms. The number of carbonyl (C=O) groups is 1. The molecule has 2 aromatic heterocycles. The van der Waals surface area contributed by atoms with Gasteiger partial charge in [-0.2, -0.15) is 0 Å². The van der Waals surface area contributed by atoms with Crippen LogP contribution in [0.1, 0.15) is 29.2 Å². The number of ether oxygens (including phenoxy) is 1. The fraction of sp³-hybridized carbons (Fsp3) is 0.529. The van der Waals surface area contributed by atoms with Gasteiger partial charge in [0.25, 0.3) is 5.91 Å². The van der Waals surface area contributed by atoms with E-state index >= 15 is 0 Å². The fourth-order valence-corrected chi connectivity index (χ4v) is 3.06. The van der Waals surface area contributed by atoms with E-state index in [4.69, 9.17) is 4.74 Å². The highest BCUT2D eigenvalue weighted by atomic mass is 16.5. The fourth-order valence-electron chi connectivity index (χ4n) is 3.06. The third kappa shape index (κ3) is 3.46. The van der Waals surface area contributed by atoms with E-state index < -0.39 is 0 Å². The molecule has 0 saturated heterocycles. The van der Waals surface area contributed by atoms with Crippen molar-refractivity contribution >= 4 is 5.91 Å². The zero-order valence-corrected chi connectivity index (χ0v) is 13.5. The van der Waals surface area contributed by atoms with Crippen molar-refractivity contribution in [3.63, 3.8) is 0 Å². The maximum absolute atomic E-state index is 12.8. The van der Waals surface area contributed by atoms with Crippen molar-refractivity contribution in [3.05, 3.63) is 42.5 Å². The second kappa shape index (κ2) is 6.68. The van der Waals surface area contributed by atoms with E-state index in [1.807, 2.05) is 6.20 Å². The van der Waals surface area contributed by atoms with Crippen molar-refractivity contribution < 1.29 is 9.53 Å². The predicted octanol–water partition coefficient (Wildman–Crippen LogP) is 1.37. The molecule has 126 valence electrons. The lowest BCUT2D eigenvalue weighted by Crippen LogP contribution is -2.36. The molecule has 0 radical (unpaired) electrons. The largest absolute Gasteiger partial charge is 0.381 e. The van der Waals surface area contributed by atoms with Crippen LogP contribution >= 0.6 is 0 Å². The van der Waals surface area contributed by atoms with Crippen molar-refractivity contribution in [3.8, 4) is 0 Å². The highest BCUT2D eigenvalue weighted by molar-refractivity contribution is 5.91. The minimum atomic E-state index is -0.105. The second-order valence-electron chi connectivity index (χ2n) is 6.62. The third-order valence-electron chi connectivity index (χ3n) is 4.54. The molecule has 0 N–H and O–H groups in total. The van der Waals surface area contributed by atoms with Crippen molar-refractivity contribution in [2.24, 2.45) is 11.8 Å². The number of nitrogens with zero attached hydrogens (tertiary/aromatic N) is 5. The normalized spacial score (nSPS) is 20.5. The lowest BCUT2D eigenvalue weighted by atomic mass is 10.1. The summed E-state index contributed by atoms with van der Waals surface area (Å²) in [4.78, 5) is 27.1. The molecule has 7 heteroatoms. The van der Waals surface area contributed by atoms with Gasteiger partial charge in [0.15, 0.2) is 0 Å². The molecule has 1 fully saturated rings. The molecule has 2 aliphatic rings. The molecule has 1 unspecified atom stereocenters. The third-order valence-corrected chi connectivity index (χ3v) is 4.54. The van der Waals surface area contributed by atoms with Gasteiger partial charge in [-0.1, -0.05) is 0 Å². The molecular weight excluding hydrogens is 306 g/mol. The number of amides is 1. The Labute approximate surface area is 140 Å². The van der Waals surface area contributed by atoms with Crippen LogP contribution in [-0.2, 0) is 17.8 Å². The van der Waals surface area contributed by atoms with Crippen LogP contribution in [0, 0.1) is 11.8 Å². The summed E-state index contributed by atoms with van der Waals surface area (Å²) in [6, 6.07) is 0. The molecule has 2 aromatic rings. The van der Waals surface area contributed by atoms with Gasteiger partial charge in [0, 0.05) is 50.4 Å². The molecule has 24 heavy (non-hydrogen) atoms. The van der Waals surface area contributed by atoms with Gasteiger partial charge in [0.1, 0.15) is 11.5 Å². The Morgan fingerprint density at radius 1 is 1.12 bits per heavy atom. The quantitative estimate of drug-likeness (QED) is 0.829. The number of hydrogen-bond acceptors (Lipinski definition) is 5. The SMILES string of the molecule is O=C(c1cnccn1)N1Cc2nccn2CC(COCC2CC2)C1. The maximum Gasteiger partial charge on any atom is 0.274 e. The van der Waals surface area contributed by atoms with Gasteiger partial charge in [-0.05, 0) is 18.8 Å². The summed E-state index contributed by atoms with van der Waals surface area (Å²) in [5, 5.41) is 0. The molecule has 3 heterocycles.